The maximum atomic E-state index is 10.3. The van der Waals surface area contributed by atoms with Crippen molar-refractivity contribution in [2.24, 2.45) is 0 Å². The molecule has 0 bridgehead atoms. The zero-order chi connectivity index (χ0) is 14.9. The summed E-state index contributed by atoms with van der Waals surface area (Å²) in [4.78, 5) is 39.6. The average molecular weight is 303 g/mol. The third kappa shape index (κ3) is 13.8. The Morgan fingerprint density at radius 3 is 1.15 bits per heavy atom. The molecule has 0 radical (unpaired) electrons. The van der Waals surface area contributed by atoms with Crippen molar-refractivity contribution in [1.29, 1.82) is 0 Å². The van der Waals surface area contributed by atoms with E-state index in [4.69, 9.17) is 35.4 Å². The Balaban J connectivity index is -0.000000158. The molecule has 0 aromatic rings. The molecule has 0 spiro atoms. The van der Waals surface area contributed by atoms with Crippen LogP contribution in [0.25, 0.3) is 0 Å². The Kier molecular flexibility index (Phi) is 15.5. The van der Waals surface area contributed by atoms with E-state index in [1.807, 2.05) is 0 Å². The van der Waals surface area contributed by atoms with Crippen molar-refractivity contribution in [1.82, 2.24) is 6.15 Å². The molecule has 12 heteroatoms. The number of carboxylic acids is 4. The Morgan fingerprint density at radius 2 is 1.05 bits per heavy atom. The van der Waals surface area contributed by atoms with E-state index in [0.29, 0.717) is 0 Å². The molecule has 0 heterocycles. The van der Waals surface area contributed by atoms with E-state index < -0.39 is 48.9 Å². The summed E-state index contributed by atoms with van der Waals surface area (Å²) in [5.74, 6) is -6.21. The molecule has 0 saturated carbocycles. The van der Waals surface area contributed by atoms with Gasteiger partial charge in [-0.1, -0.05) is 0 Å². The average Bonchev–Trinajstić information content (AvgIpc) is 2.15. The molecule has 12 nitrogen and oxygen atoms in total. The zero-order valence-corrected chi connectivity index (χ0v) is 10.1. The lowest BCUT2D eigenvalue weighted by molar-refractivity contribution is -0.170. The van der Waals surface area contributed by atoms with Gasteiger partial charge < -0.3 is 42.3 Å². The van der Waals surface area contributed by atoms with Crippen molar-refractivity contribution in [3.8, 4) is 0 Å². The third-order valence-electron chi connectivity index (χ3n) is 1.42. The second kappa shape index (κ2) is 11.8. The van der Waals surface area contributed by atoms with Crippen molar-refractivity contribution in [3.05, 3.63) is 0 Å². The lowest BCUT2D eigenvalue weighted by Crippen LogP contribution is -2.42. The van der Waals surface area contributed by atoms with Gasteiger partial charge in [0.1, 0.15) is 6.61 Å². The lowest BCUT2D eigenvalue weighted by atomic mass is 9.96. The second-order valence-electron chi connectivity index (χ2n) is 3.03. The monoisotopic (exact) mass is 303 g/mol. The van der Waals surface area contributed by atoms with Gasteiger partial charge in [0.25, 0.3) is 0 Å². The van der Waals surface area contributed by atoms with Gasteiger partial charge in [-0.05, 0) is 0 Å². The molecule has 0 unspecified atom stereocenters. The SMILES string of the molecule is N.O.O=C(O)CC(O)(CC(=O)O)C(=O)O.O=C(O)CO. The first-order valence-corrected chi connectivity index (χ1v) is 4.27. The molecular weight excluding hydrogens is 286 g/mol. The van der Waals surface area contributed by atoms with Crippen molar-refractivity contribution < 1.29 is 55.3 Å². The summed E-state index contributed by atoms with van der Waals surface area (Å²) in [6.07, 6.45) is -2.29. The Hall–Kier alpha value is -2.28. The highest BCUT2D eigenvalue weighted by atomic mass is 16.4. The van der Waals surface area contributed by atoms with Gasteiger partial charge in [0.2, 0.25) is 0 Å². The highest BCUT2D eigenvalue weighted by Gasteiger charge is 2.40. The van der Waals surface area contributed by atoms with Crippen LogP contribution in [0.3, 0.4) is 0 Å². The molecule has 0 aliphatic heterocycles. The Bertz CT molecular complexity index is 323. The quantitative estimate of drug-likeness (QED) is 0.262. The molecule has 0 atom stereocenters. The fourth-order valence-corrected chi connectivity index (χ4v) is 0.714. The van der Waals surface area contributed by atoms with E-state index in [-0.39, 0.29) is 11.6 Å². The summed E-state index contributed by atoms with van der Waals surface area (Å²) in [6.45, 7) is -0.778. The normalized spacial score (nSPS) is 8.90. The van der Waals surface area contributed by atoms with Crippen LogP contribution in [0.4, 0.5) is 0 Å². The van der Waals surface area contributed by atoms with Crippen molar-refractivity contribution >= 4 is 23.9 Å². The van der Waals surface area contributed by atoms with Crippen molar-refractivity contribution in [3.63, 3.8) is 0 Å². The predicted octanol–water partition coefficient (Wildman–Crippen LogP) is -2.85. The molecule has 0 aromatic heterocycles. The summed E-state index contributed by atoms with van der Waals surface area (Å²) in [7, 11) is 0. The van der Waals surface area contributed by atoms with Gasteiger partial charge in [0, 0.05) is 0 Å². The van der Waals surface area contributed by atoms with E-state index >= 15 is 0 Å². The van der Waals surface area contributed by atoms with Gasteiger partial charge in [-0.2, -0.15) is 0 Å². The van der Waals surface area contributed by atoms with E-state index in [2.05, 4.69) is 0 Å². The van der Waals surface area contributed by atoms with Crippen LogP contribution in [0.5, 0.6) is 0 Å². The second-order valence-corrected chi connectivity index (χ2v) is 3.03. The summed E-state index contributed by atoms with van der Waals surface area (Å²) in [5.41, 5.74) is -2.74. The number of aliphatic carboxylic acids is 4. The minimum absolute atomic E-state index is 0. The molecular formula is C8H17NO11. The van der Waals surface area contributed by atoms with Crippen LogP contribution in [0, 0.1) is 0 Å². The van der Waals surface area contributed by atoms with E-state index in [0.717, 1.165) is 0 Å². The number of aliphatic hydroxyl groups is 2. The smallest absolute Gasteiger partial charge is 0.336 e. The third-order valence-corrected chi connectivity index (χ3v) is 1.42. The summed E-state index contributed by atoms with van der Waals surface area (Å²) >= 11 is 0. The van der Waals surface area contributed by atoms with Crippen LogP contribution in [0.1, 0.15) is 12.8 Å². The maximum absolute atomic E-state index is 10.3. The number of aliphatic hydroxyl groups excluding tert-OH is 1. The van der Waals surface area contributed by atoms with Gasteiger partial charge in [0.15, 0.2) is 5.60 Å². The molecule has 0 fully saturated rings. The van der Waals surface area contributed by atoms with Crippen molar-refractivity contribution in [2.45, 2.75) is 18.4 Å². The standard InChI is InChI=1S/C6H8O7.C2H4O3.H3N.H2O/c7-3(8)1-6(13,5(11)12)2-4(9)10;3-1-2(4)5;;/h13H,1-2H2,(H,7,8)(H,9,10)(H,11,12);3H,1H2,(H,4,5);1H3;1H2. The van der Waals surface area contributed by atoms with Crippen LogP contribution in [-0.2, 0) is 19.2 Å². The molecule has 0 aliphatic carbocycles. The van der Waals surface area contributed by atoms with E-state index in [1.165, 1.54) is 0 Å². The molecule has 11 N–H and O–H groups in total. The Morgan fingerprint density at radius 1 is 0.800 bits per heavy atom. The first-order valence-electron chi connectivity index (χ1n) is 4.27. The van der Waals surface area contributed by atoms with Crippen molar-refractivity contribution in [2.75, 3.05) is 6.61 Å². The zero-order valence-electron chi connectivity index (χ0n) is 10.1. The predicted molar refractivity (Wildman–Crippen MR) is 60.4 cm³/mol. The first kappa shape index (κ1) is 26.3. The summed E-state index contributed by atoms with van der Waals surface area (Å²) < 4.78 is 0. The molecule has 120 valence electrons. The molecule has 0 aromatic carbocycles. The lowest BCUT2D eigenvalue weighted by Gasteiger charge is -2.18. The largest absolute Gasteiger partial charge is 0.481 e. The van der Waals surface area contributed by atoms with Gasteiger partial charge in [0.05, 0.1) is 12.8 Å². The van der Waals surface area contributed by atoms with Crippen LogP contribution >= 0.6 is 0 Å². The highest BCUT2D eigenvalue weighted by molar-refractivity contribution is 5.88. The number of rotatable bonds is 6. The van der Waals surface area contributed by atoms with Gasteiger partial charge in [-0.3, -0.25) is 9.59 Å². The maximum Gasteiger partial charge on any atom is 0.336 e. The molecule has 0 aliphatic rings. The fourth-order valence-electron chi connectivity index (χ4n) is 0.714. The molecule has 20 heavy (non-hydrogen) atoms. The number of carbonyl (C=O) groups is 4. The molecule has 0 rings (SSSR count). The highest BCUT2D eigenvalue weighted by Crippen LogP contribution is 2.15. The summed E-state index contributed by atoms with van der Waals surface area (Å²) in [5, 5.41) is 48.8. The fraction of sp³-hybridized carbons (Fsp3) is 0.500. The minimum Gasteiger partial charge on any atom is -0.481 e. The number of carboxylic acid groups (broad SMARTS) is 4. The van der Waals surface area contributed by atoms with Crippen LogP contribution < -0.4 is 6.15 Å². The molecule has 0 saturated heterocycles. The minimum atomic E-state index is -2.74. The van der Waals surface area contributed by atoms with Gasteiger partial charge in [-0.25, -0.2) is 9.59 Å². The number of hydrogen-bond acceptors (Lipinski definition) is 7. The van der Waals surface area contributed by atoms with Gasteiger partial charge in [-0.15, -0.1) is 0 Å². The molecule has 0 amide bonds. The van der Waals surface area contributed by atoms with Gasteiger partial charge >= 0.3 is 23.9 Å². The topological polar surface area (TPSA) is 256 Å². The number of hydrogen-bond donors (Lipinski definition) is 7. The van der Waals surface area contributed by atoms with Crippen LogP contribution in [0.2, 0.25) is 0 Å². The van der Waals surface area contributed by atoms with E-state index in [9.17, 15) is 14.4 Å². The first-order chi connectivity index (χ1) is 8.05. The summed E-state index contributed by atoms with van der Waals surface area (Å²) in [6, 6.07) is 0. The van der Waals surface area contributed by atoms with E-state index in [1.54, 1.807) is 0 Å². The van der Waals surface area contributed by atoms with Crippen LogP contribution in [0.15, 0.2) is 0 Å². The van der Waals surface area contributed by atoms with Crippen LogP contribution in [-0.4, -0.2) is 72.2 Å². The Labute approximate surface area is 111 Å².